The van der Waals surface area contributed by atoms with Crippen LogP contribution >= 0.6 is 0 Å². The van der Waals surface area contributed by atoms with E-state index in [0.29, 0.717) is 17.9 Å². The molecule has 0 amide bonds. The van der Waals surface area contributed by atoms with E-state index in [1.165, 1.54) is 0 Å². The predicted octanol–water partition coefficient (Wildman–Crippen LogP) is 3.90. The minimum absolute atomic E-state index is 0.0443. The standard InChI is InChI=1S/C23H32N6O2/c1-15(2)19-14-24-29-21(19)26-23(31-17-10-12-28(4)13-11-17)27-22(29)25-16(3)18-8-6-7-9-20(18)30-5/h6-9,14-17H,10-13H2,1-5H3,(H,25,26,27)/t16-/m0/s1. The van der Waals surface area contributed by atoms with Crippen LogP contribution in [0.4, 0.5) is 5.95 Å². The molecule has 1 atom stereocenters. The maximum absolute atomic E-state index is 6.23. The van der Waals surface area contributed by atoms with Crippen LogP contribution in [0.1, 0.15) is 56.7 Å². The summed E-state index contributed by atoms with van der Waals surface area (Å²) in [5.74, 6) is 1.74. The fraction of sp³-hybridized carbons (Fsp3) is 0.522. The van der Waals surface area contributed by atoms with Crippen LogP contribution in [0.25, 0.3) is 5.65 Å². The van der Waals surface area contributed by atoms with Gasteiger partial charge in [0.1, 0.15) is 11.9 Å². The largest absolute Gasteiger partial charge is 0.496 e. The second kappa shape index (κ2) is 9.09. The number of nitrogens with one attached hydrogen (secondary N) is 1. The topological polar surface area (TPSA) is 76.8 Å². The predicted molar refractivity (Wildman–Crippen MR) is 121 cm³/mol. The van der Waals surface area contributed by atoms with Crippen molar-refractivity contribution < 1.29 is 9.47 Å². The lowest BCUT2D eigenvalue weighted by Gasteiger charge is -2.28. The Kier molecular flexibility index (Phi) is 6.27. The van der Waals surface area contributed by atoms with Crippen molar-refractivity contribution in [1.82, 2.24) is 24.5 Å². The Morgan fingerprint density at radius 3 is 2.52 bits per heavy atom. The molecule has 0 radical (unpaired) electrons. The number of hydrogen-bond acceptors (Lipinski definition) is 7. The van der Waals surface area contributed by atoms with Crippen LogP contribution in [0.15, 0.2) is 30.5 Å². The van der Waals surface area contributed by atoms with Gasteiger partial charge in [0.15, 0.2) is 5.65 Å². The molecule has 166 valence electrons. The first-order valence-electron chi connectivity index (χ1n) is 11.0. The summed E-state index contributed by atoms with van der Waals surface area (Å²) in [6.07, 6.45) is 3.94. The molecule has 2 aromatic heterocycles. The molecule has 1 N–H and O–H groups in total. The number of aromatic nitrogens is 4. The van der Waals surface area contributed by atoms with E-state index in [0.717, 1.165) is 48.5 Å². The van der Waals surface area contributed by atoms with Crippen molar-refractivity contribution >= 4 is 11.6 Å². The van der Waals surface area contributed by atoms with Gasteiger partial charge in [-0.05, 0) is 38.8 Å². The molecule has 4 rings (SSSR count). The first-order chi connectivity index (χ1) is 15.0. The van der Waals surface area contributed by atoms with Crippen LogP contribution in [-0.4, -0.2) is 57.8 Å². The molecule has 1 aliphatic heterocycles. The minimum atomic E-state index is -0.0443. The second-order valence-corrected chi connectivity index (χ2v) is 8.55. The Labute approximate surface area is 183 Å². The first kappa shape index (κ1) is 21.4. The van der Waals surface area contributed by atoms with Gasteiger partial charge >= 0.3 is 6.01 Å². The molecule has 0 aliphatic carbocycles. The molecular formula is C23H32N6O2. The van der Waals surface area contributed by atoms with Crippen LogP contribution in [0.3, 0.4) is 0 Å². The fourth-order valence-corrected chi connectivity index (χ4v) is 3.98. The van der Waals surface area contributed by atoms with Gasteiger partial charge in [-0.3, -0.25) is 0 Å². The highest BCUT2D eigenvalue weighted by molar-refractivity contribution is 5.53. The maximum atomic E-state index is 6.23. The lowest BCUT2D eigenvalue weighted by molar-refractivity contribution is 0.105. The molecule has 1 fully saturated rings. The average Bonchev–Trinajstić information content (AvgIpc) is 3.20. The van der Waals surface area contributed by atoms with Gasteiger partial charge in [-0.25, -0.2) is 0 Å². The molecule has 0 saturated carbocycles. The second-order valence-electron chi connectivity index (χ2n) is 8.55. The third kappa shape index (κ3) is 4.58. The van der Waals surface area contributed by atoms with E-state index in [4.69, 9.17) is 19.4 Å². The third-order valence-corrected chi connectivity index (χ3v) is 5.89. The van der Waals surface area contributed by atoms with Gasteiger partial charge in [0.25, 0.3) is 0 Å². The zero-order chi connectivity index (χ0) is 22.0. The number of ether oxygens (including phenoxy) is 2. The maximum Gasteiger partial charge on any atom is 0.322 e. The quantitative estimate of drug-likeness (QED) is 0.616. The van der Waals surface area contributed by atoms with E-state index in [1.807, 2.05) is 30.5 Å². The number of hydrogen-bond donors (Lipinski definition) is 1. The van der Waals surface area contributed by atoms with E-state index < -0.39 is 0 Å². The Morgan fingerprint density at radius 1 is 1.06 bits per heavy atom. The van der Waals surface area contributed by atoms with Crippen LogP contribution in [-0.2, 0) is 0 Å². The van der Waals surface area contributed by atoms with Gasteiger partial charge in [-0.15, -0.1) is 0 Å². The van der Waals surface area contributed by atoms with Crippen LogP contribution in [0.5, 0.6) is 11.8 Å². The Hall–Kier alpha value is -2.87. The lowest BCUT2D eigenvalue weighted by atomic mass is 10.1. The fourth-order valence-electron chi connectivity index (χ4n) is 3.98. The van der Waals surface area contributed by atoms with Crippen LogP contribution in [0, 0.1) is 0 Å². The van der Waals surface area contributed by atoms with Gasteiger partial charge in [0.2, 0.25) is 5.95 Å². The molecule has 0 bridgehead atoms. The number of anilines is 1. The molecule has 31 heavy (non-hydrogen) atoms. The zero-order valence-corrected chi connectivity index (χ0v) is 19.0. The highest BCUT2D eigenvalue weighted by Gasteiger charge is 2.22. The molecule has 3 aromatic rings. The Balaban J connectivity index is 1.67. The van der Waals surface area contributed by atoms with Crippen molar-refractivity contribution in [2.45, 2.75) is 51.7 Å². The molecule has 8 nitrogen and oxygen atoms in total. The summed E-state index contributed by atoms with van der Waals surface area (Å²) in [5.41, 5.74) is 2.90. The number of piperidine rings is 1. The summed E-state index contributed by atoms with van der Waals surface area (Å²) in [7, 11) is 3.83. The van der Waals surface area contributed by atoms with E-state index in [1.54, 1.807) is 11.6 Å². The van der Waals surface area contributed by atoms with Gasteiger partial charge in [-0.1, -0.05) is 32.0 Å². The summed E-state index contributed by atoms with van der Waals surface area (Å²) in [4.78, 5) is 11.8. The van der Waals surface area contributed by atoms with Crippen molar-refractivity contribution in [3.05, 3.63) is 41.6 Å². The van der Waals surface area contributed by atoms with E-state index >= 15 is 0 Å². The summed E-state index contributed by atoms with van der Waals surface area (Å²) in [6, 6.07) is 8.34. The normalized spacial score (nSPS) is 16.6. The van der Waals surface area contributed by atoms with Crippen LogP contribution < -0.4 is 14.8 Å². The number of benzene rings is 1. The van der Waals surface area contributed by atoms with E-state index in [9.17, 15) is 0 Å². The molecular weight excluding hydrogens is 392 g/mol. The highest BCUT2D eigenvalue weighted by Crippen LogP contribution is 2.29. The zero-order valence-electron chi connectivity index (χ0n) is 19.0. The van der Waals surface area contributed by atoms with Crippen molar-refractivity contribution in [2.75, 3.05) is 32.6 Å². The van der Waals surface area contributed by atoms with Gasteiger partial charge in [0, 0.05) is 24.2 Å². The third-order valence-electron chi connectivity index (χ3n) is 5.89. The van der Waals surface area contributed by atoms with Gasteiger partial charge in [-0.2, -0.15) is 19.6 Å². The van der Waals surface area contributed by atoms with E-state index in [-0.39, 0.29) is 12.1 Å². The molecule has 1 saturated heterocycles. The number of fused-ring (bicyclic) bond motifs is 1. The molecule has 1 aromatic carbocycles. The number of likely N-dealkylation sites (tertiary alicyclic amines) is 1. The van der Waals surface area contributed by atoms with Crippen molar-refractivity contribution in [3.8, 4) is 11.8 Å². The SMILES string of the molecule is COc1ccccc1[C@H](C)Nc1nc(OC2CCN(C)CC2)nc2c(C(C)C)cnn12. The monoisotopic (exact) mass is 424 g/mol. The Morgan fingerprint density at radius 2 is 1.81 bits per heavy atom. The van der Waals surface area contributed by atoms with Crippen molar-refractivity contribution in [2.24, 2.45) is 0 Å². The summed E-state index contributed by atoms with van der Waals surface area (Å²) in [5, 5.41) is 8.06. The smallest absolute Gasteiger partial charge is 0.322 e. The lowest BCUT2D eigenvalue weighted by Crippen LogP contribution is -2.36. The summed E-state index contributed by atoms with van der Waals surface area (Å²) >= 11 is 0. The molecule has 0 unspecified atom stereocenters. The number of rotatable bonds is 7. The van der Waals surface area contributed by atoms with E-state index in [2.05, 4.69) is 43.1 Å². The average molecular weight is 425 g/mol. The molecule has 8 heteroatoms. The number of para-hydroxylation sites is 1. The molecule has 1 aliphatic rings. The minimum Gasteiger partial charge on any atom is -0.496 e. The number of methoxy groups -OCH3 is 1. The number of nitrogens with zero attached hydrogens (tertiary/aromatic N) is 5. The molecule has 3 heterocycles. The highest BCUT2D eigenvalue weighted by atomic mass is 16.5. The van der Waals surface area contributed by atoms with Gasteiger partial charge < -0.3 is 19.7 Å². The summed E-state index contributed by atoms with van der Waals surface area (Å²) < 4.78 is 13.5. The Bertz CT molecular complexity index is 1030. The first-order valence-corrected chi connectivity index (χ1v) is 11.0. The van der Waals surface area contributed by atoms with Crippen LogP contribution in [0.2, 0.25) is 0 Å². The van der Waals surface area contributed by atoms with Crippen molar-refractivity contribution in [1.29, 1.82) is 0 Å². The molecule has 0 spiro atoms. The van der Waals surface area contributed by atoms with Gasteiger partial charge in [0.05, 0.1) is 19.3 Å². The van der Waals surface area contributed by atoms with Crippen molar-refractivity contribution in [3.63, 3.8) is 0 Å². The summed E-state index contributed by atoms with van der Waals surface area (Å²) in [6.45, 7) is 8.40.